The van der Waals surface area contributed by atoms with E-state index in [2.05, 4.69) is 12.2 Å². The molecule has 2 atom stereocenters. The van der Waals surface area contributed by atoms with Crippen LogP contribution in [0.15, 0.2) is 24.3 Å². The van der Waals surface area contributed by atoms with Crippen LogP contribution in [0.2, 0.25) is 0 Å². The Labute approximate surface area is 165 Å². The first-order valence-electron chi connectivity index (χ1n) is 10.8. The van der Waals surface area contributed by atoms with Crippen molar-refractivity contribution in [1.29, 1.82) is 0 Å². The van der Waals surface area contributed by atoms with Crippen molar-refractivity contribution in [2.24, 2.45) is 0 Å². The molecule has 0 radical (unpaired) electrons. The van der Waals surface area contributed by atoms with Crippen molar-refractivity contribution in [3.63, 3.8) is 0 Å². The number of unbranched alkanes of at least 4 members (excludes halogenated alkanes) is 8. The molecule has 1 aromatic carbocycles. The standard InChI is InChI=1S/C23H39NO3/c1-3-4-5-6-7-8-9-10-11-12-21(25)17-18-24-19(2)23(27)20-13-15-22(26)16-14-20/h13-16,19,23-24,26-27H,3-12,17-18H2,1-2H3. The van der Waals surface area contributed by atoms with Gasteiger partial charge in [0.15, 0.2) is 0 Å². The minimum Gasteiger partial charge on any atom is -0.508 e. The SMILES string of the molecule is CCCCCCCCCCCC(=O)CCNC(C)C(O)c1ccc(O)cc1. The molecule has 0 spiro atoms. The molecule has 1 aromatic rings. The van der Waals surface area contributed by atoms with Gasteiger partial charge in [-0.2, -0.15) is 0 Å². The van der Waals surface area contributed by atoms with Crippen LogP contribution in [0.1, 0.15) is 96.1 Å². The van der Waals surface area contributed by atoms with Gasteiger partial charge in [0, 0.05) is 25.4 Å². The van der Waals surface area contributed by atoms with Crippen LogP contribution in [0.4, 0.5) is 0 Å². The predicted octanol–water partition coefficient (Wildman–Crippen LogP) is 5.28. The highest BCUT2D eigenvalue weighted by Gasteiger charge is 2.16. The van der Waals surface area contributed by atoms with Gasteiger partial charge in [-0.25, -0.2) is 0 Å². The maximum absolute atomic E-state index is 12.0. The Morgan fingerprint density at radius 2 is 1.48 bits per heavy atom. The molecule has 4 nitrogen and oxygen atoms in total. The average Bonchev–Trinajstić information content (AvgIpc) is 2.66. The number of benzene rings is 1. The van der Waals surface area contributed by atoms with Gasteiger partial charge in [0.1, 0.15) is 11.5 Å². The number of aliphatic hydroxyl groups excluding tert-OH is 1. The van der Waals surface area contributed by atoms with Crippen LogP contribution in [0.3, 0.4) is 0 Å². The molecule has 0 aromatic heterocycles. The van der Waals surface area contributed by atoms with Crippen LogP contribution in [0.5, 0.6) is 5.75 Å². The number of carbonyl (C=O) groups is 1. The lowest BCUT2D eigenvalue weighted by Gasteiger charge is -2.20. The van der Waals surface area contributed by atoms with E-state index in [1.54, 1.807) is 24.3 Å². The van der Waals surface area contributed by atoms with Crippen molar-refractivity contribution in [2.45, 2.75) is 96.6 Å². The molecule has 0 aliphatic carbocycles. The normalized spacial score (nSPS) is 13.4. The largest absolute Gasteiger partial charge is 0.508 e. The van der Waals surface area contributed by atoms with Gasteiger partial charge < -0.3 is 15.5 Å². The molecule has 4 heteroatoms. The Hall–Kier alpha value is -1.39. The lowest BCUT2D eigenvalue weighted by molar-refractivity contribution is -0.119. The van der Waals surface area contributed by atoms with Gasteiger partial charge in [0.25, 0.3) is 0 Å². The highest BCUT2D eigenvalue weighted by Crippen LogP contribution is 2.19. The van der Waals surface area contributed by atoms with Gasteiger partial charge in [-0.3, -0.25) is 4.79 Å². The molecule has 0 saturated heterocycles. The zero-order valence-corrected chi connectivity index (χ0v) is 17.3. The number of nitrogens with one attached hydrogen (secondary N) is 1. The van der Waals surface area contributed by atoms with E-state index in [-0.39, 0.29) is 11.8 Å². The average molecular weight is 378 g/mol. The maximum atomic E-state index is 12.0. The van der Waals surface area contributed by atoms with E-state index < -0.39 is 6.10 Å². The Morgan fingerprint density at radius 3 is 2.07 bits per heavy atom. The molecule has 3 N–H and O–H groups in total. The second-order valence-electron chi connectivity index (χ2n) is 7.65. The lowest BCUT2D eigenvalue weighted by atomic mass is 10.0. The second kappa shape index (κ2) is 14.6. The Morgan fingerprint density at radius 1 is 0.926 bits per heavy atom. The number of hydrogen-bond acceptors (Lipinski definition) is 4. The number of aliphatic hydroxyl groups is 1. The van der Waals surface area contributed by atoms with Crippen LogP contribution >= 0.6 is 0 Å². The van der Waals surface area contributed by atoms with Gasteiger partial charge in [0.05, 0.1) is 6.10 Å². The number of aromatic hydroxyl groups is 1. The lowest BCUT2D eigenvalue weighted by Crippen LogP contribution is -2.33. The summed E-state index contributed by atoms with van der Waals surface area (Å²) in [5.41, 5.74) is 0.758. The van der Waals surface area contributed by atoms with Crippen molar-refractivity contribution in [3.05, 3.63) is 29.8 Å². The maximum Gasteiger partial charge on any atom is 0.134 e. The number of rotatable bonds is 16. The van der Waals surface area contributed by atoms with Crippen LogP contribution in [0, 0.1) is 0 Å². The molecule has 0 aliphatic heterocycles. The van der Waals surface area contributed by atoms with Crippen molar-refractivity contribution in [2.75, 3.05) is 6.54 Å². The number of phenols is 1. The van der Waals surface area contributed by atoms with Crippen molar-refractivity contribution in [3.8, 4) is 5.75 Å². The van der Waals surface area contributed by atoms with Crippen molar-refractivity contribution in [1.82, 2.24) is 5.32 Å². The van der Waals surface area contributed by atoms with E-state index >= 15 is 0 Å². The summed E-state index contributed by atoms with van der Waals surface area (Å²) in [5, 5.41) is 22.8. The number of phenolic OH excluding ortho intramolecular Hbond substituents is 1. The summed E-state index contributed by atoms with van der Waals surface area (Å²) in [5.74, 6) is 0.491. The van der Waals surface area contributed by atoms with Crippen LogP contribution < -0.4 is 5.32 Å². The van der Waals surface area contributed by atoms with Gasteiger partial charge in [-0.15, -0.1) is 0 Å². The quantitative estimate of drug-likeness (QED) is 0.343. The Bertz CT molecular complexity index is 501. The first-order chi connectivity index (χ1) is 13.0. The summed E-state index contributed by atoms with van der Waals surface area (Å²) in [7, 11) is 0. The summed E-state index contributed by atoms with van der Waals surface area (Å²) in [6, 6.07) is 6.43. The van der Waals surface area contributed by atoms with E-state index in [0.717, 1.165) is 18.4 Å². The van der Waals surface area contributed by atoms with E-state index in [9.17, 15) is 15.0 Å². The van der Waals surface area contributed by atoms with E-state index in [0.29, 0.717) is 25.2 Å². The summed E-state index contributed by atoms with van der Waals surface area (Å²) >= 11 is 0. The Kier molecular flexibility index (Phi) is 12.8. The minimum atomic E-state index is -0.655. The number of Topliss-reactive ketones (excluding diaryl/α,β-unsaturated/α-hetero) is 1. The summed E-state index contributed by atoms with van der Waals surface area (Å²) in [4.78, 5) is 12.0. The number of carbonyl (C=O) groups excluding carboxylic acids is 1. The highest BCUT2D eigenvalue weighted by atomic mass is 16.3. The van der Waals surface area contributed by atoms with Gasteiger partial charge in [0.2, 0.25) is 0 Å². The van der Waals surface area contributed by atoms with E-state index in [1.165, 1.54) is 44.9 Å². The number of ketones is 1. The molecule has 0 fully saturated rings. The topological polar surface area (TPSA) is 69.6 Å². The fraction of sp³-hybridized carbons (Fsp3) is 0.696. The highest BCUT2D eigenvalue weighted by molar-refractivity contribution is 5.78. The molecule has 0 aliphatic rings. The Balaban J connectivity index is 2.03. The van der Waals surface area contributed by atoms with Crippen molar-refractivity contribution >= 4 is 5.78 Å². The van der Waals surface area contributed by atoms with Crippen LogP contribution in [-0.2, 0) is 4.79 Å². The molecule has 27 heavy (non-hydrogen) atoms. The summed E-state index contributed by atoms with van der Waals surface area (Å²) in [6.07, 6.45) is 11.9. The van der Waals surface area contributed by atoms with Crippen molar-refractivity contribution < 1.29 is 15.0 Å². The molecule has 1 rings (SSSR count). The van der Waals surface area contributed by atoms with Crippen LogP contribution in [-0.4, -0.2) is 28.6 Å². The van der Waals surface area contributed by atoms with E-state index in [4.69, 9.17) is 0 Å². The van der Waals surface area contributed by atoms with Crippen LogP contribution in [0.25, 0.3) is 0 Å². The van der Waals surface area contributed by atoms with Gasteiger partial charge in [-0.05, 0) is 31.0 Å². The molecule has 0 amide bonds. The third-order valence-electron chi connectivity index (χ3n) is 5.14. The fourth-order valence-electron chi connectivity index (χ4n) is 3.27. The minimum absolute atomic E-state index is 0.143. The smallest absolute Gasteiger partial charge is 0.134 e. The fourth-order valence-corrected chi connectivity index (χ4v) is 3.27. The second-order valence-corrected chi connectivity index (χ2v) is 7.65. The van der Waals surface area contributed by atoms with Gasteiger partial charge >= 0.3 is 0 Å². The molecule has 154 valence electrons. The molecule has 0 bridgehead atoms. The number of hydrogen-bond donors (Lipinski definition) is 3. The molecular formula is C23H39NO3. The van der Waals surface area contributed by atoms with E-state index in [1.807, 2.05) is 6.92 Å². The summed E-state index contributed by atoms with van der Waals surface area (Å²) in [6.45, 7) is 4.74. The summed E-state index contributed by atoms with van der Waals surface area (Å²) < 4.78 is 0. The molecule has 0 heterocycles. The molecule has 0 saturated carbocycles. The first kappa shape index (κ1) is 23.6. The third kappa shape index (κ3) is 11.1. The van der Waals surface area contributed by atoms with Gasteiger partial charge in [-0.1, -0.05) is 70.4 Å². The molecule has 2 unspecified atom stereocenters. The predicted molar refractivity (Wildman–Crippen MR) is 112 cm³/mol. The third-order valence-corrected chi connectivity index (χ3v) is 5.14. The first-order valence-corrected chi connectivity index (χ1v) is 10.8. The zero-order chi connectivity index (χ0) is 19.9. The zero-order valence-electron chi connectivity index (χ0n) is 17.3. The molecular weight excluding hydrogens is 338 g/mol. The monoisotopic (exact) mass is 377 g/mol.